The van der Waals surface area contributed by atoms with Gasteiger partial charge in [0, 0.05) is 24.2 Å². The summed E-state index contributed by atoms with van der Waals surface area (Å²) in [7, 11) is 0. The van der Waals surface area contributed by atoms with Crippen LogP contribution >= 0.6 is 0 Å². The van der Waals surface area contributed by atoms with Gasteiger partial charge in [0.25, 0.3) is 11.8 Å². The third kappa shape index (κ3) is 3.94. The van der Waals surface area contributed by atoms with E-state index in [9.17, 15) is 4.79 Å². The number of carbonyl (C=O) groups excluding carboxylic acids is 1. The molecule has 2 aliphatic rings. The molecule has 0 spiro atoms. The van der Waals surface area contributed by atoms with Crippen molar-refractivity contribution >= 4 is 5.91 Å². The molecule has 0 unspecified atom stereocenters. The highest BCUT2D eigenvalue weighted by molar-refractivity contribution is 5.94. The van der Waals surface area contributed by atoms with E-state index in [1.54, 1.807) is 0 Å². The van der Waals surface area contributed by atoms with Crippen LogP contribution in [0, 0.1) is 0 Å². The van der Waals surface area contributed by atoms with Gasteiger partial charge < -0.3 is 19.5 Å². The number of amides is 1. The van der Waals surface area contributed by atoms with Crippen molar-refractivity contribution in [3.05, 3.63) is 35.7 Å². The van der Waals surface area contributed by atoms with Gasteiger partial charge in [0.15, 0.2) is 5.82 Å². The first-order valence-electron chi connectivity index (χ1n) is 9.34. The second-order valence-corrected chi connectivity index (χ2v) is 6.85. The number of rotatable bonds is 5. The van der Waals surface area contributed by atoms with Crippen LogP contribution < -0.4 is 5.32 Å². The quantitative estimate of drug-likeness (QED) is 0.885. The Hall–Kier alpha value is -2.25. The third-order valence-electron chi connectivity index (χ3n) is 4.97. The summed E-state index contributed by atoms with van der Waals surface area (Å²) in [6.07, 6.45) is 4.46. The highest BCUT2D eigenvalue weighted by atomic mass is 16.5. The van der Waals surface area contributed by atoms with Gasteiger partial charge in [-0.05, 0) is 63.0 Å². The number of ether oxygens (including phenoxy) is 1. The van der Waals surface area contributed by atoms with Gasteiger partial charge in [-0.2, -0.15) is 4.98 Å². The van der Waals surface area contributed by atoms with Crippen LogP contribution in [-0.4, -0.2) is 53.2 Å². The fourth-order valence-corrected chi connectivity index (χ4v) is 3.44. The van der Waals surface area contributed by atoms with Gasteiger partial charge in [0.2, 0.25) is 0 Å². The zero-order chi connectivity index (χ0) is 17.8. The van der Waals surface area contributed by atoms with Crippen LogP contribution in [0.2, 0.25) is 0 Å². The monoisotopic (exact) mass is 356 g/mol. The molecule has 0 aliphatic carbocycles. The summed E-state index contributed by atoms with van der Waals surface area (Å²) in [5.41, 5.74) is 1.51. The first-order valence-corrected chi connectivity index (χ1v) is 9.34. The van der Waals surface area contributed by atoms with Gasteiger partial charge in [-0.3, -0.25) is 4.79 Å². The molecule has 2 aliphatic heterocycles. The molecule has 1 aromatic carbocycles. The third-order valence-corrected chi connectivity index (χ3v) is 4.97. The van der Waals surface area contributed by atoms with Gasteiger partial charge >= 0.3 is 0 Å². The van der Waals surface area contributed by atoms with Crippen LogP contribution in [0.15, 0.2) is 28.8 Å². The molecule has 1 N–H and O–H groups in total. The van der Waals surface area contributed by atoms with Crippen molar-refractivity contribution < 1.29 is 14.1 Å². The van der Waals surface area contributed by atoms with Crippen molar-refractivity contribution in [3.63, 3.8) is 0 Å². The van der Waals surface area contributed by atoms with Gasteiger partial charge in [-0.25, -0.2) is 0 Å². The van der Waals surface area contributed by atoms with Crippen molar-refractivity contribution in [2.24, 2.45) is 0 Å². The lowest BCUT2D eigenvalue weighted by atomic mass is 10.1. The molecule has 0 radical (unpaired) electrons. The van der Waals surface area contributed by atoms with Crippen molar-refractivity contribution in [1.82, 2.24) is 20.4 Å². The molecule has 0 saturated carbocycles. The second-order valence-electron chi connectivity index (χ2n) is 6.85. The predicted molar refractivity (Wildman–Crippen MR) is 95.6 cm³/mol. The Morgan fingerprint density at radius 1 is 1.19 bits per heavy atom. The molecule has 0 atom stereocenters. The first-order chi connectivity index (χ1) is 12.8. The zero-order valence-electron chi connectivity index (χ0n) is 14.8. The summed E-state index contributed by atoms with van der Waals surface area (Å²) in [6, 6.07) is 7.36. The van der Waals surface area contributed by atoms with E-state index < -0.39 is 0 Å². The lowest BCUT2D eigenvalue weighted by Gasteiger charge is -2.22. The van der Waals surface area contributed by atoms with Crippen molar-refractivity contribution in [3.8, 4) is 11.5 Å². The van der Waals surface area contributed by atoms with Crippen LogP contribution in [0.4, 0.5) is 0 Å². The number of hydrogen-bond acceptors (Lipinski definition) is 6. The molecule has 4 rings (SSSR count). The highest BCUT2D eigenvalue weighted by Crippen LogP contribution is 2.20. The predicted octanol–water partition coefficient (Wildman–Crippen LogP) is 2.24. The molecule has 2 saturated heterocycles. The molecular formula is C19H24N4O3. The molecule has 1 aromatic heterocycles. The highest BCUT2D eigenvalue weighted by Gasteiger charge is 2.20. The van der Waals surface area contributed by atoms with E-state index in [4.69, 9.17) is 9.26 Å². The maximum atomic E-state index is 12.4. The lowest BCUT2D eigenvalue weighted by Crippen LogP contribution is -2.32. The van der Waals surface area contributed by atoms with E-state index in [0.717, 1.165) is 57.4 Å². The molecule has 2 aromatic rings. The summed E-state index contributed by atoms with van der Waals surface area (Å²) in [6.45, 7) is 4.05. The van der Waals surface area contributed by atoms with E-state index in [0.29, 0.717) is 23.9 Å². The average molecular weight is 356 g/mol. The Balaban J connectivity index is 1.36. The van der Waals surface area contributed by atoms with E-state index in [2.05, 4.69) is 15.5 Å². The lowest BCUT2D eigenvalue weighted by molar-refractivity contribution is 0.0170. The van der Waals surface area contributed by atoms with E-state index in [-0.39, 0.29) is 12.0 Å². The van der Waals surface area contributed by atoms with Crippen LogP contribution in [-0.2, 0) is 11.3 Å². The number of likely N-dealkylation sites (tertiary alicyclic amines) is 1. The number of nitrogens with zero attached hydrogens (tertiary/aromatic N) is 3. The summed E-state index contributed by atoms with van der Waals surface area (Å²) in [5, 5.41) is 7.31. The maximum absolute atomic E-state index is 12.4. The normalized spacial score (nSPS) is 18.4. The summed E-state index contributed by atoms with van der Waals surface area (Å²) < 4.78 is 11.2. The Morgan fingerprint density at radius 2 is 1.92 bits per heavy atom. The van der Waals surface area contributed by atoms with Gasteiger partial charge in [0.05, 0.1) is 6.10 Å². The van der Waals surface area contributed by atoms with Crippen molar-refractivity contribution in [2.75, 3.05) is 26.2 Å². The fourth-order valence-electron chi connectivity index (χ4n) is 3.44. The average Bonchev–Trinajstić information content (AvgIpc) is 3.39. The van der Waals surface area contributed by atoms with Crippen LogP contribution in [0.1, 0.15) is 41.9 Å². The topological polar surface area (TPSA) is 80.5 Å². The fraction of sp³-hybridized carbons (Fsp3) is 0.526. The number of carbonyl (C=O) groups is 1. The number of aromatic nitrogens is 2. The van der Waals surface area contributed by atoms with E-state index in [1.807, 2.05) is 29.2 Å². The van der Waals surface area contributed by atoms with Gasteiger partial charge in [-0.1, -0.05) is 5.16 Å². The Bertz CT molecular complexity index is 731. The molecule has 138 valence electrons. The number of benzene rings is 1. The summed E-state index contributed by atoms with van der Waals surface area (Å²) in [4.78, 5) is 18.7. The van der Waals surface area contributed by atoms with Crippen molar-refractivity contribution in [1.29, 1.82) is 0 Å². The number of nitrogens with one attached hydrogen (secondary N) is 1. The summed E-state index contributed by atoms with van der Waals surface area (Å²) in [5.74, 6) is 1.10. The zero-order valence-corrected chi connectivity index (χ0v) is 14.8. The molecule has 26 heavy (non-hydrogen) atoms. The minimum atomic E-state index is 0.0932. The van der Waals surface area contributed by atoms with Gasteiger partial charge in [-0.15, -0.1) is 0 Å². The Kier molecular flexibility index (Phi) is 5.26. The molecule has 1 amide bonds. The molecule has 3 heterocycles. The molecule has 7 nitrogen and oxygen atoms in total. The second kappa shape index (κ2) is 7.97. The molecule has 2 fully saturated rings. The SMILES string of the molecule is O=C(c1ccc(-c2nc(COC3CCNCC3)no2)cc1)N1CCCC1. The smallest absolute Gasteiger partial charge is 0.258 e. The summed E-state index contributed by atoms with van der Waals surface area (Å²) >= 11 is 0. The number of piperidine rings is 1. The standard InChI is InChI=1S/C19H24N4O3/c24-19(23-11-1-2-12-23)15-5-3-14(4-6-15)18-21-17(22-26-18)13-25-16-7-9-20-10-8-16/h3-6,16,20H,1-2,7-13H2. The van der Waals surface area contributed by atoms with Crippen LogP contribution in [0.3, 0.4) is 0 Å². The minimum Gasteiger partial charge on any atom is -0.370 e. The Labute approximate surface area is 152 Å². The van der Waals surface area contributed by atoms with Crippen LogP contribution in [0.5, 0.6) is 0 Å². The maximum Gasteiger partial charge on any atom is 0.258 e. The molecular weight excluding hydrogens is 332 g/mol. The van der Waals surface area contributed by atoms with E-state index in [1.165, 1.54) is 0 Å². The molecule has 0 bridgehead atoms. The largest absolute Gasteiger partial charge is 0.370 e. The molecule has 7 heteroatoms. The van der Waals surface area contributed by atoms with Crippen LogP contribution in [0.25, 0.3) is 11.5 Å². The van der Waals surface area contributed by atoms with E-state index >= 15 is 0 Å². The first kappa shape index (κ1) is 17.2. The number of hydrogen-bond donors (Lipinski definition) is 1. The Morgan fingerprint density at radius 3 is 2.65 bits per heavy atom. The van der Waals surface area contributed by atoms with Crippen molar-refractivity contribution in [2.45, 2.75) is 38.4 Å². The minimum absolute atomic E-state index is 0.0932. The van der Waals surface area contributed by atoms with Gasteiger partial charge in [0.1, 0.15) is 6.61 Å².